The summed E-state index contributed by atoms with van der Waals surface area (Å²) in [5, 5.41) is 0. The van der Waals surface area contributed by atoms with Gasteiger partial charge in [0, 0.05) is 19.3 Å². The first-order valence-corrected chi connectivity index (χ1v) is 7.23. The Labute approximate surface area is 117 Å². The Hall–Kier alpha value is -1.67. The van der Waals surface area contributed by atoms with Crippen molar-refractivity contribution in [2.45, 2.75) is 11.8 Å². The molecule has 1 atom stereocenters. The molecule has 6 nitrogen and oxygen atoms in total. The third-order valence-corrected chi connectivity index (χ3v) is 4.64. The number of nitrogens with zero attached hydrogens (tertiary/aromatic N) is 1. The lowest BCUT2D eigenvalue weighted by molar-refractivity contribution is -0.144. The molecule has 1 aromatic carbocycles. The van der Waals surface area contributed by atoms with E-state index >= 15 is 0 Å². The number of rotatable bonds is 5. The fraction of sp³-hybridized carbons (Fsp3) is 0.417. The van der Waals surface area contributed by atoms with Crippen molar-refractivity contribution >= 4 is 21.7 Å². The van der Waals surface area contributed by atoms with Crippen molar-refractivity contribution in [1.82, 2.24) is 4.31 Å². The number of methoxy groups -OCH3 is 1. The molecule has 0 aliphatic carbocycles. The van der Waals surface area contributed by atoms with Gasteiger partial charge in [0.05, 0.1) is 13.0 Å². The van der Waals surface area contributed by atoms with Crippen LogP contribution in [0, 0.1) is 11.7 Å². The molecule has 20 heavy (non-hydrogen) atoms. The van der Waals surface area contributed by atoms with Crippen LogP contribution in [0.4, 0.5) is 10.1 Å². The Bertz CT molecular complexity index is 603. The standard InChI is InChI=1S/C12H17FN2O4S/c1-8(12(16)19-3)7-15(2)20(17,18)11-5-4-9(14)6-10(11)13/h4-6,8H,7,14H2,1-3H3. The first-order chi connectivity index (χ1) is 9.20. The van der Waals surface area contributed by atoms with Crippen LogP contribution >= 0.6 is 0 Å². The molecule has 0 heterocycles. The Morgan fingerprint density at radius 1 is 1.50 bits per heavy atom. The SMILES string of the molecule is COC(=O)C(C)CN(C)S(=O)(=O)c1ccc(N)cc1F. The minimum Gasteiger partial charge on any atom is -0.469 e. The van der Waals surface area contributed by atoms with E-state index in [0.29, 0.717) is 0 Å². The van der Waals surface area contributed by atoms with Crippen LogP contribution in [0.2, 0.25) is 0 Å². The summed E-state index contributed by atoms with van der Waals surface area (Å²) in [6.45, 7) is 1.41. The fourth-order valence-electron chi connectivity index (χ4n) is 1.65. The molecule has 0 aromatic heterocycles. The smallest absolute Gasteiger partial charge is 0.309 e. The number of halogens is 1. The average Bonchev–Trinajstić information content (AvgIpc) is 2.36. The molecule has 0 radical (unpaired) electrons. The van der Waals surface area contributed by atoms with Crippen LogP contribution in [0.5, 0.6) is 0 Å². The van der Waals surface area contributed by atoms with E-state index < -0.39 is 32.6 Å². The highest BCUT2D eigenvalue weighted by atomic mass is 32.2. The monoisotopic (exact) mass is 304 g/mol. The molecule has 1 unspecified atom stereocenters. The summed E-state index contributed by atoms with van der Waals surface area (Å²) >= 11 is 0. The van der Waals surface area contributed by atoms with E-state index in [-0.39, 0.29) is 12.2 Å². The maximum atomic E-state index is 13.7. The molecule has 0 bridgehead atoms. The van der Waals surface area contributed by atoms with Crippen molar-refractivity contribution in [2.24, 2.45) is 5.92 Å². The number of hydrogen-bond donors (Lipinski definition) is 1. The third kappa shape index (κ3) is 3.45. The zero-order valence-corrected chi connectivity index (χ0v) is 12.3. The molecule has 1 rings (SSSR count). The van der Waals surface area contributed by atoms with Gasteiger partial charge in [-0.25, -0.2) is 12.8 Å². The van der Waals surface area contributed by atoms with Gasteiger partial charge in [0.15, 0.2) is 0 Å². The van der Waals surface area contributed by atoms with Crippen molar-refractivity contribution in [3.8, 4) is 0 Å². The molecule has 0 saturated carbocycles. The molecular formula is C12H17FN2O4S. The molecule has 112 valence electrons. The molecular weight excluding hydrogens is 287 g/mol. The van der Waals surface area contributed by atoms with Gasteiger partial charge in [-0.2, -0.15) is 4.31 Å². The third-order valence-electron chi connectivity index (χ3n) is 2.78. The van der Waals surface area contributed by atoms with Gasteiger partial charge in [-0.3, -0.25) is 4.79 Å². The van der Waals surface area contributed by atoms with Gasteiger partial charge < -0.3 is 10.5 Å². The zero-order valence-electron chi connectivity index (χ0n) is 11.5. The molecule has 0 spiro atoms. The highest BCUT2D eigenvalue weighted by Crippen LogP contribution is 2.21. The van der Waals surface area contributed by atoms with Crippen LogP contribution < -0.4 is 5.73 Å². The molecule has 0 aliphatic heterocycles. The largest absolute Gasteiger partial charge is 0.469 e. The molecule has 0 aliphatic rings. The number of esters is 1. The first-order valence-electron chi connectivity index (χ1n) is 5.79. The number of benzene rings is 1. The van der Waals surface area contributed by atoms with Crippen LogP contribution in [0.1, 0.15) is 6.92 Å². The number of nitrogens with two attached hydrogens (primary N) is 1. The van der Waals surface area contributed by atoms with Crippen molar-refractivity contribution in [3.05, 3.63) is 24.0 Å². The molecule has 0 fully saturated rings. The quantitative estimate of drug-likeness (QED) is 0.643. The van der Waals surface area contributed by atoms with Gasteiger partial charge >= 0.3 is 5.97 Å². The normalized spacial score (nSPS) is 13.2. The number of sulfonamides is 1. The fourth-order valence-corrected chi connectivity index (χ4v) is 2.95. The molecule has 2 N–H and O–H groups in total. The molecule has 8 heteroatoms. The minimum absolute atomic E-state index is 0.112. The second-order valence-electron chi connectivity index (χ2n) is 4.40. The summed E-state index contributed by atoms with van der Waals surface area (Å²) in [7, 11) is -1.54. The lowest BCUT2D eigenvalue weighted by Crippen LogP contribution is -2.34. The predicted molar refractivity (Wildman–Crippen MR) is 71.8 cm³/mol. The van der Waals surface area contributed by atoms with E-state index in [1.54, 1.807) is 0 Å². The van der Waals surface area contributed by atoms with E-state index in [0.717, 1.165) is 16.4 Å². The van der Waals surface area contributed by atoms with E-state index in [4.69, 9.17) is 5.73 Å². The number of carbonyl (C=O) groups is 1. The van der Waals surface area contributed by atoms with Crippen LogP contribution in [0.3, 0.4) is 0 Å². The van der Waals surface area contributed by atoms with Gasteiger partial charge in [-0.05, 0) is 18.2 Å². The van der Waals surface area contributed by atoms with Gasteiger partial charge in [0.2, 0.25) is 10.0 Å². The van der Waals surface area contributed by atoms with Crippen molar-refractivity contribution in [3.63, 3.8) is 0 Å². The van der Waals surface area contributed by atoms with Crippen LogP contribution in [-0.2, 0) is 19.6 Å². The maximum absolute atomic E-state index is 13.7. The highest BCUT2D eigenvalue weighted by Gasteiger charge is 2.27. The summed E-state index contributed by atoms with van der Waals surface area (Å²) in [5.41, 5.74) is 5.51. The number of nitrogen functional groups attached to an aromatic ring is 1. The average molecular weight is 304 g/mol. The second-order valence-corrected chi connectivity index (χ2v) is 6.41. The Morgan fingerprint density at radius 2 is 2.10 bits per heavy atom. The first kappa shape index (κ1) is 16.4. The summed E-state index contributed by atoms with van der Waals surface area (Å²) in [4.78, 5) is 10.8. The van der Waals surface area contributed by atoms with Crippen molar-refractivity contribution < 1.29 is 22.3 Å². The summed E-state index contributed by atoms with van der Waals surface area (Å²) < 4.78 is 43.5. The Kier molecular flexibility index (Phi) is 5.07. The molecule has 0 amide bonds. The highest BCUT2D eigenvalue weighted by molar-refractivity contribution is 7.89. The van der Waals surface area contributed by atoms with Crippen molar-refractivity contribution in [1.29, 1.82) is 0 Å². The van der Waals surface area contributed by atoms with Gasteiger partial charge in [-0.1, -0.05) is 6.92 Å². The van der Waals surface area contributed by atoms with Gasteiger partial charge in [0.1, 0.15) is 10.7 Å². The number of hydrogen-bond acceptors (Lipinski definition) is 5. The van der Waals surface area contributed by atoms with Crippen LogP contribution in [-0.4, -0.2) is 39.4 Å². The summed E-state index contributed by atoms with van der Waals surface area (Å²) in [5.74, 6) is -2.12. The lowest BCUT2D eigenvalue weighted by atomic mass is 10.2. The molecule has 0 saturated heterocycles. The molecule has 1 aromatic rings. The Morgan fingerprint density at radius 3 is 2.60 bits per heavy atom. The Balaban J connectivity index is 3.01. The zero-order chi connectivity index (χ0) is 15.5. The summed E-state index contributed by atoms with van der Waals surface area (Å²) in [6.07, 6.45) is 0. The number of anilines is 1. The topological polar surface area (TPSA) is 89.7 Å². The lowest BCUT2D eigenvalue weighted by Gasteiger charge is -2.20. The van der Waals surface area contributed by atoms with Crippen LogP contribution in [0.25, 0.3) is 0 Å². The second kappa shape index (κ2) is 6.19. The van der Waals surface area contributed by atoms with Gasteiger partial charge in [-0.15, -0.1) is 0 Å². The van der Waals surface area contributed by atoms with E-state index in [2.05, 4.69) is 4.74 Å². The number of carbonyl (C=O) groups excluding carboxylic acids is 1. The van der Waals surface area contributed by atoms with Gasteiger partial charge in [0.25, 0.3) is 0 Å². The number of ether oxygens (including phenoxy) is 1. The van der Waals surface area contributed by atoms with E-state index in [1.165, 1.54) is 27.1 Å². The van der Waals surface area contributed by atoms with Crippen LogP contribution in [0.15, 0.2) is 23.1 Å². The summed E-state index contributed by atoms with van der Waals surface area (Å²) in [6, 6.07) is 3.33. The van der Waals surface area contributed by atoms with E-state index in [9.17, 15) is 17.6 Å². The maximum Gasteiger partial charge on any atom is 0.309 e. The minimum atomic E-state index is -4.03. The van der Waals surface area contributed by atoms with Crippen molar-refractivity contribution in [2.75, 3.05) is 26.4 Å². The van der Waals surface area contributed by atoms with E-state index in [1.807, 2.05) is 0 Å². The predicted octanol–water partition coefficient (Wildman–Crippen LogP) is 0.837.